The third-order valence-electron chi connectivity index (χ3n) is 4.44. The molecular weight excluding hydrogens is 470 g/mol. The molecule has 2 aromatic carbocycles. The van der Waals surface area contributed by atoms with Gasteiger partial charge in [0.1, 0.15) is 23.9 Å². The third kappa shape index (κ3) is 5.21. The van der Waals surface area contributed by atoms with Crippen molar-refractivity contribution in [1.82, 2.24) is 0 Å². The molecule has 0 saturated carbocycles. The van der Waals surface area contributed by atoms with Crippen LogP contribution in [-0.2, 0) is 9.53 Å². The quantitative estimate of drug-likeness (QED) is 0.200. The maximum absolute atomic E-state index is 12.4. The first kappa shape index (κ1) is 22.3. The molecule has 1 amide bonds. The van der Waals surface area contributed by atoms with Crippen molar-refractivity contribution in [2.75, 3.05) is 18.1 Å². The highest BCUT2D eigenvalue weighted by molar-refractivity contribution is 9.10. The molecule has 0 radical (unpaired) electrons. The number of Topliss-reactive ketones (excluding diaryl/α,β-unsaturated/α-hetero) is 1. The second-order valence-corrected chi connectivity index (χ2v) is 7.73. The Morgan fingerprint density at radius 2 is 1.94 bits per heavy atom. The van der Waals surface area contributed by atoms with Crippen molar-refractivity contribution in [2.24, 2.45) is 5.73 Å². The van der Waals surface area contributed by atoms with Gasteiger partial charge in [-0.1, -0.05) is 15.9 Å². The van der Waals surface area contributed by atoms with Gasteiger partial charge in [-0.3, -0.25) is 19.9 Å². The lowest BCUT2D eigenvalue weighted by molar-refractivity contribution is -0.131. The lowest BCUT2D eigenvalue weighted by atomic mass is 10.1. The van der Waals surface area contributed by atoms with Gasteiger partial charge in [-0.15, -0.1) is 0 Å². The molecule has 31 heavy (non-hydrogen) atoms. The lowest BCUT2D eigenvalue weighted by Gasteiger charge is -2.16. The van der Waals surface area contributed by atoms with Crippen LogP contribution in [0.2, 0.25) is 0 Å². The maximum Gasteiger partial charge on any atom is 0.414 e. The number of nitrogens with zero attached hydrogens (tertiary/aromatic N) is 1. The van der Waals surface area contributed by atoms with Gasteiger partial charge >= 0.3 is 12.1 Å². The number of nitrogen functional groups attached to an aromatic ring is 1. The fraction of sp³-hybridized carbons (Fsp3) is 0.238. The number of cyclic esters (lactones) is 1. The van der Waals surface area contributed by atoms with E-state index in [1.807, 2.05) is 0 Å². The van der Waals surface area contributed by atoms with Crippen molar-refractivity contribution in [3.8, 4) is 11.5 Å². The molecule has 10 heteroatoms. The fourth-order valence-corrected chi connectivity index (χ4v) is 3.41. The van der Waals surface area contributed by atoms with Gasteiger partial charge in [0, 0.05) is 17.5 Å². The minimum Gasteiger partial charge on any atom is -0.489 e. The van der Waals surface area contributed by atoms with Crippen molar-refractivity contribution in [1.29, 1.82) is 5.41 Å². The number of rotatable bonds is 7. The molecule has 1 fully saturated rings. The molecule has 0 aromatic heterocycles. The van der Waals surface area contributed by atoms with Crippen molar-refractivity contribution in [3.63, 3.8) is 0 Å². The Balaban J connectivity index is 1.74. The number of esters is 1. The van der Waals surface area contributed by atoms with Crippen LogP contribution in [0.1, 0.15) is 29.8 Å². The number of amides is 1. The van der Waals surface area contributed by atoms with Crippen LogP contribution < -0.4 is 20.1 Å². The van der Waals surface area contributed by atoms with Gasteiger partial charge in [-0.2, -0.15) is 0 Å². The summed E-state index contributed by atoms with van der Waals surface area (Å²) in [5.41, 5.74) is 6.59. The van der Waals surface area contributed by atoms with Crippen LogP contribution in [0.3, 0.4) is 0 Å². The number of carbonyl (C=O) groups is 3. The number of ketones is 1. The zero-order valence-electron chi connectivity index (χ0n) is 16.8. The molecule has 3 rings (SSSR count). The summed E-state index contributed by atoms with van der Waals surface area (Å²) < 4.78 is 17.0. The Hall–Kier alpha value is -3.40. The summed E-state index contributed by atoms with van der Waals surface area (Å²) in [6, 6.07) is 9.61. The number of nitrogens with one attached hydrogen (secondary N) is 1. The molecular formula is C21H20BrN3O6. The van der Waals surface area contributed by atoms with Gasteiger partial charge < -0.3 is 19.9 Å². The van der Waals surface area contributed by atoms with Crippen LogP contribution in [-0.4, -0.2) is 42.9 Å². The van der Waals surface area contributed by atoms with Gasteiger partial charge in [0.05, 0.1) is 23.4 Å². The summed E-state index contributed by atoms with van der Waals surface area (Å²) in [4.78, 5) is 36.9. The Bertz CT molecular complexity index is 1070. The predicted molar refractivity (Wildman–Crippen MR) is 116 cm³/mol. The summed E-state index contributed by atoms with van der Waals surface area (Å²) in [5.74, 6) is -0.524. The monoisotopic (exact) mass is 489 g/mol. The number of hydrogen-bond acceptors (Lipinski definition) is 7. The molecule has 2 aromatic rings. The van der Waals surface area contributed by atoms with Crippen molar-refractivity contribution < 1.29 is 28.6 Å². The number of carbonyl (C=O) groups excluding carboxylic acids is 3. The van der Waals surface area contributed by atoms with Crippen LogP contribution in [0.15, 0.2) is 40.9 Å². The molecule has 1 aliphatic heterocycles. The van der Waals surface area contributed by atoms with Crippen LogP contribution in [0.4, 0.5) is 10.5 Å². The molecule has 0 aliphatic carbocycles. The SMILES string of the molecule is CC(=O)Oc1cc(N2CC(COc3ccc(Br)cc3C(C)=O)OC2=O)ccc1C(=N)N. The van der Waals surface area contributed by atoms with Gasteiger partial charge in [-0.05, 0) is 37.3 Å². The molecule has 1 saturated heterocycles. The van der Waals surface area contributed by atoms with Crippen LogP contribution in [0.25, 0.3) is 0 Å². The highest BCUT2D eigenvalue weighted by Crippen LogP contribution is 2.30. The van der Waals surface area contributed by atoms with Crippen LogP contribution in [0.5, 0.6) is 11.5 Å². The van der Waals surface area contributed by atoms with E-state index in [0.717, 1.165) is 4.47 Å². The van der Waals surface area contributed by atoms with E-state index in [-0.39, 0.29) is 36.1 Å². The summed E-state index contributed by atoms with van der Waals surface area (Å²) in [7, 11) is 0. The molecule has 0 spiro atoms. The highest BCUT2D eigenvalue weighted by Gasteiger charge is 2.33. The van der Waals surface area contributed by atoms with Gasteiger partial charge in [-0.25, -0.2) is 4.79 Å². The number of ether oxygens (including phenoxy) is 3. The zero-order valence-corrected chi connectivity index (χ0v) is 18.4. The number of benzene rings is 2. The smallest absolute Gasteiger partial charge is 0.414 e. The normalized spacial score (nSPS) is 15.4. The Morgan fingerprint density at radius 1 is 1.19 bits per heavy atom. The third-order valence-corrected chi connectivity index (χ3v) is 4.93. The predicted octanol–water partition coefficient (Wildman–Crippen LogP) is 3.27. The van der Waals surface area contributed by atoms with E-state index >= 15 is 0 Å². The summed E-state index contributed by atoms with van der Waals surface area (Å²) in [6.45, 7) is 2.90. The van der Waals surface area contributed by atoms with Gasteiger partial charge in [0.2, 0.25) is 0 Å². The Morgan fingerprint density at radius 3 is 2.58 bits per heavy atom. The van der Waals surface area contributed by atoms with E-state index in [9.17, 15) is 14.4 Å². The first-order chi connectivity index (χ1) is 14.7. The van der Waals surface area contributed by atoms with E-state index < -0.39 is 18.2 Å². The Kier molecular flexibility index (Phi) is 6.59. The molecule has 1 aliphatic rings. The van der Waals surface area contributed by atoms with Crippen molar-refractivity contribution in [3.05, 3.63) is 52.0 Å². The summed E-state index contributed by atoms with van der Waals surface area (Å²) in [5, 5.41) is 7.61. The van der Waals surface area contributed by atoms with E-state index in [1.54, 1.807) is 24.3 Å². The number of hydrogen-bond donors (Lipinski definition) is 2. The van der Waals surface area contributed by atoms with Gasteiger partial charge in [0.25, 0.3) is 0 Å². The molecule has 3 N–H and O–H groups in total. The molecule has 9 nitrogen and oxygen atoms in total. The first-order valence-corrected chi connectivity index (χ1v) is 10.0. The minimum atomic E-state index is -0.597. The Labute approximate surface area is 186 Å². The number of amidine groups is 1. The minimum absolute atomic E-state index is 0.0481. The van der Waals surface area contributed by atoms with Gasteiger partial charge in [0.15, 0.2) is 11.9 Å². The highest BCUT2D eigenvalue weighted by atomic mass is 79.9. The van der Waals surface area contributed by atoms with Crippen LogP contribution >= 0.6 is 15.9 Å². The average Bonchev–Trinajstić information content (AvgIpc) is 3.06. The van der Waals surface area contributed by atoms with E-state index in [1.165, 1.54) is 30.9 Å². The van der Waals surface area contributed by atoms with E-state index in [2.05, 4.69) is 15.9 Å². The lowest BCUT2D eigenvalue weighted by Crippen LogP contribution is -2.27. The van der Waals surface area contributed by atoms with Crippen LogP contribution in [0, 0.1) is 5.41 Å². The zero-order chi connectivity index (χ0) is 22.7. The number of anilines is 1. The second-order valence-electron chi connectivity index (χ2n) is 6.81. The molecule has 1 atom stereocenters. The number of halogens is 1. The summed E-state index contributed by atoms with van der Waals surface area (Å²) >= 11 is 3.32. The molecule has 0 bridgehead atoms. The molecule has 162 valence electrons. The number of nitrogens with two attached hydrogens (primary N) is 1. The molecule has 1 heterocycles. The van der Waals surface area contributed by atoms with Crippen molar-refractivity contribution >= 4 is 45.3 Å². The standard InChI is InChI=1S/C21H20BrN3O6/c1-11(26)17-7-13(22)3-6-18(17)29-10-15-9-25(21(28)31-15)14-4-5-16(20(23)24)19(8-14)30-12(2)27/h3-8,15H,9-10H2,1-2H3,(H3,23,24). The van der Waals surface area contributed by atoms with E-state index in [0.29, 0.717) is 17.0 Å². The largest absolute Gasteiger partial charge is 0.489 e. The summed E-state index contributed by atoms with van der Waals surface area (Å²) in [6.07, 6.45) is -1.18. The first-order valence-electron chi connectivity index (χ1n) is 9.24. The van der Waals surface area contributed by atoms with Crippen molar-refractivity contribution in [2.45, 2.75) is 20.0 Å². The average molecular weight is 490 g/mol. The maximum atomic E-state index is 12.4. The van der Waals surface area contributed by atoms with E-state index in [4.69, 9.17) is 25.4 Å². The molecule has 1 unspecified atom stereocenters. The second kappa shape index (κ2) is 9.17. The fourth-order valence-electron chi connectivity index (χ4n) is 3.05. The topological polar surface area (TPSA) is 132 Å².